The minimum Gasteiger partial charge on any atom is -0.492 e. The van der Waals surface area contributed by atoms with Gasteiger partial charge in [-0.05, 0) is 12.1 Å². The maximum atomic E-state index is 13.6. The summed E-state index contributed by atoms with van der Waals surface area (Å²) in [6, 6.07) is 2.02. The molecule has 0 aliphatic rings. The molecule has 0 fully saturated rings. The SMILES string of the molecule is C#CCSCCNS(=O)(=O)c1cc(N)c(OC)c(F)c1. The average molecular weight is 318 g/mol. The molecule has 0 aromatic heterocycles. The highest BCUT2D eigenvalue weighted by Crippen LogP contribution is 2.28. The lowest BCUT2D eigenvalue weighted by Gasteiger charge is -2.10. The van der Waals surface area contributed by atoms with Gasteiger partial charge in [0.05, 0.1) is 23.4 Å². The number of anilines is 1. The van der Waals surface area contributed by atoms with Crippen LogP contribution in [-0.2, 0) is 10.0 Å². The molecule has 0 unspecified atom stereocenters. The maximum absolute atomic E-state index is 13.6. The summed E-state index contributed by atoms with van der Waals surface area (Å²) >= 11 is 1.42. The molecule has 0 spiro atoms. The minimum atomic E-state index is -3.81. The number of ether oxygens (including phenoxy) is 1. The van der Waals surface area contributed by atoms with Crippen LogP contribution in [0.25, 0.3) is 0 Å². The molecule has 0 radical (unpaired) electrons. The molecular formula is C12H15FN2O3S2. The van der Waals surface area contributed by atoms with Gasteiger partial charge in [0.15, 0.2) is 11.6 Å². The number of nitrogen functional groups attached to an aromatic ring is 1. The third-order valence-electron chi connectivity index (χ3n) is 2.28. The lowest BCUT2D eigenvalue weighted by atomic mass is 10.3. The molecular weight excluding hydrogens is 303 g/mol. The summed E-state index contributed by atoms with van der Waals surface area (Å²) in [6.07, 6.45) is 5.07. The second-order valence-corrected chi connectivity index (χ2v) is 6.55. The molecule has 110 valence electrons. The fourth-order valence-corrected chi connectivity index (χ4v) is 3.14. The molecule has 3 N–H and O–H groups in total. The summed E-state index contributed by atoms with van der Waals surface area (Å²) in [4.78, 5) is -0.241. The van der Waals surface area contributed by atoms with Crippen molar-refractivity contribution in [3.8, 4) is 18.1 Å². The Morgan fingerprint density at radius 3 is 2.80 bits per heavy atom. The van der Waals surface area contributed by atoms with Gasteiger partial charge in [-0.15, -0.1) is 18.2 Å². The zero-order valence-corrected chi connectivity index (χ0v) is 12.5. The molecule has 1 aromatic carbocycles. The van der Waals surface area contributed by atoms with E-state index in [0.29, 0.717) is 11.5 Å². The van der Waals surface area contributed by atoms with E-state index in [4.69, 9.17) is 16.9 Å². The van der Waals surface area contributed by atoms with Gasteiger partial charge in [-0.3, -0.25) is 0 Å². The van der Waals surface area contributed by atoms with E-state index in [2.05, 4.69) is 10.6 Å². The zero-order valence-electron chi connectivity index (χ0n) is 10.8. The molecule has 20 heavy (non-hydrogen) atoms. The standard InChI is InChI=1S/C12H15FN2O3S2/c1-3-5-19-6-4-15-20(16,17)9-7-10(13)12(18-2)11(14)8-9/h1,7-8,15H,4-6,14H2,2H3. The first-order chi connectivity index (χ1) is 9.42. The van der Waals surface area contributed by atoms with Gasteiger partial charge in [0.1, 0.15) is 0 Å². The number of terminal acetylenes is 1. The Hall–Kier alpha value is -1.43. The third-order valence-corrected chi connectivity index (χ3v) is 4.59. The molecule has 0 heterocycles. The number of halogens is 1. The second kappa shape index (κ2) is 7.38. The molecule has 8 heteroatoms. The van der Waals surface area contributed by atoms with Crippen LogP contribution in [0.4, 0.5) is 10.1 Å². The molecule has 1 aromatic rings. The van der Waals surface area contributed by atoms with E-state index in [1.54, 1.807) is 0 Å². The number of rotatable bonds is 7. The molecule has 0 saturated heterocycles. The van der Waals surface area contributed by atoms with Gasteiger partial charge in [-0.25, -0.2) is 17.5 Å². The van der Waals surface area contributed by atoms with Crippen LogP contribution >= 0.6 is 11.8 Å². The highest BCUT2D eigenvalue weighted by Gasteiger charge is 2.18. The molecule has 0 aliphatic carbocycles. The van der Waals surface area contributed by atoms with Crippen LogP contribution < -0.4 is 15.2 Å². The van der Waals surface area contributed by atoms with E-state index >= 15 is 0 Å². The number of thioether (sulfide) groups is 1. The van der Waals surface area contributed by atoms with Crippen LogP contribution in [0.15, 0.2) is 17.0 Å². The topological polar surface area (TPSA) is 81.4 Å². The number of benzene rings is 1. The highest BCUT2D eigenvalue weighted by atomic mass is 32.2. The van der Waals surface area contributed by atoms with E-state index in [9.17, 15) is 12.8 Å². The summed E-state index contributed by atoms with van der Waals surface area (Å²) < 4.78 is 44.6. The van der Waals surface area contributed by atoms with Crippen molar-refractivity contribution in [2.75, 3.05) is 30.9 Å². The van der Waals surface area contributed by atoms with Crippen LogP contribution in [0, 0.1) is 18.2 Å². The van der Waals surface area contributed by atoms with E-state index < -0.39 is 15.8 Å². The highest BCUT2D eigenvalue weighted by molar-refractivity contribution is 7.99. The predicted molar refractivity (Wildman–Crippen MR) is 78.7 cm³/mol. The first kappa shape index (κ1) is 16.6. The quantitative estimate of drug-likeness (QED) is 0.446. The summed E-state index contributed by atoms with van der Waals surface area (Å²) in [6.45, 7) is 0.197. The Kier molecular flexibility index (Phi) is 6.13. The second-order valence-electron chi connectivity index (χ2n) is 3.68. The Morgan fingerprint density at radius 1 is 1.55 bits per heavy atom. The fraction of sp³-hybridized carbons (Fsp3) is 0.333. The number of methoxy groups -OCH3 is 1. The van der Waals surface area contributed by atoms with E-state index in [1.165, 1.54) is 18.9 Å². The van der Waals surface area contributed by atoms with E-state index in [1.807, 2.05) is 0 Å². The lowest BCUT2D eigenvalue weighted by Crippen LogP contribution is -2.26. The first-order valence-electron chi connectivity index (χ1n) is 5.56. The van der Waals surface area contributed by atoms with Crippen molar-refractivity contribution in [3.63, 3.8) is 0 Å². The van der Waals surface area contributed by atoms with Crippen LogP contribution in [0.2, 0.25) is 0 Å². The Morgan fingerprint density at radius 2 is 2.25 bits per heavy atom. The lowest BCUT2D eigenvalue weighted by molar-refractivity contribution is 0.388. The van der Waals surface area contributed by atoms with Gasteiger partial charge in [0, 0.05) is 12.3 Å². The van der Waals surface area contributed by atoms with Crippen molar-refractivity contribution in [1.82, 2.24) is 4.72 Å². The molecule has 0 atom stereocenters. The molecule has 5 nitrogen and oxygen atoms in total. The van der Waals surface area contributed by atoms with Crippen molar-refractivity contribution < 1.29 is 17.5 Å². The van der Waals surface area contributed by atoms with Crippen LogP contribution in [0.3, 0.4) is 0 Å². The number of sulfonamides is 1. The van der Waals surface area contributed by atoms with Crippen molar-refractivity contribution in [2.45, 2.75) is 4.90 Å². The Labute approximate surface area is 122 Å². The fourth-order valence-electron chi connectivity index (χ4n) is 1.42. The van der Waals surface area contributed by atoms with Gasteiger partial charge in [0.2, 0.25) is 10.0 Å². The van der Waals surface area contributed by atoms with E-state index in [-0.39, 0.29) is 22.9 Å². The average Bonchev–Trinajstić information content (AvgIpc) is 2.38. The predicted octanol–water partition coefficient (Wildman–Crippen LogP) is 1.06. The number of nitrogens with one attached hydrogen (secondary N) is 1. The molecule has 0 aliphatic heterocycles. The van der Waals surface area contributed by atoms with Crippen LogP contribution in [0.5, 0.6) is 5.75 Å². The van der Waals surface area contributed by atoms with Crippen molar-refractivity contribution >= 4 is 27.5 Å². The number of hydrogen-bond acceptors (Lipinski definition) is 5. The summed E-state index contributed by atoms with van der Waals surface area (Å²) in [5, 5.41) is 0. The van der Waals surface area contributed by atoms with Gasteiger partial charge in [-0.1, -0.05) is 5.92 Å². The Bertz CT molecular complexity index is 589. The molecule has 0 saturated carbocycles. The first-order valence-corrected chi connectivity index (χ1v) is 8.20. The molecule has 0 amide bonds. The monoisotopic (exact) mass is 318 g/mol. The summed E-state index contributed by atoms with van der Waals surface area (Å²) in [7, 11) is -2.55. The van der Waals surface area contributed by atoms with Crippen molar-refractivity contribution in [1.29, 1.82) is 0 Å². The molecule has 1 rings (SSSR count). The van der Waals surface area contributed by atoms with Gasteiger partial charge < -0.3 is 10.5 Å². The normalized spacial score (nSPS) is 11.1. The molecule has 0 bridgehead atoms. The smallest absolute Gasteiger partial charge is 0.240 e. The number of nitrogens with two attached hydrogens (primary N) is 1. The van der Waals surface area contributed by atoms with Gasteiger partial charge >= 0.3 is 0 Å². The van der Waals surface area contributed by atoms with Gasteiger partial charge in [-0.2, -0.15) is 0 Å². The summed E-state index contributed by atoms with van der Waals surface area (Å²) in [5.74, 6) is 2.46. The third kappa shape index (κ3) is 4.30. The van der Waals surface area contributed by atoms with Crippen molar-refractivity contribution in [2.24, 2.45) is 0 Å². The van der Waals surface area contributed by atoms with Crippen LogP contribution in [-0.4, -0.2) is 33.6 Å². The minimum absolute atomic E-state index is 0.0745. The van der Waals surface area contributed by atoms with E-state index in [0.717, 1.165) is 12.1 Å². The Balaban J connectivity index is 2.81. The van der Waals surface area contributed by atoms with Gasteiger partial charge in [0.25, 0.3) is 0 Å². The van der Waals surface area contributed by atoms with Crippen molar-refractivity contribution in [3.05, 3.63) is 17.9 Å². The van der Waals surface area contributed by atoms with Crippen LogP contribution in [0.1, 0.15) is 0 Å². The maximum Gasteiger partial charge on any atom is 0.240 e. The largest absolute Gasteiger partial charge is 0.492 e. The number of hydrogen-bond donors (Lipinski definition) is 2. The summed E-state index contributed by atoms with van der Waals surface area (Å²) in [5.41, 5.74) is 5.47. The zero-order chi connectivity index (χ0) is 15.2.